The second-order valence-corrected chi connectivity index (χ2v) is 4.64. The Labute approximate surface area is 105 Å². The van der Waals surface area contributed by atoms with Gasteiger partial charge in [0.25, 0.3) is 0 Å². The topological polar surface area (TPSA) is 23.8 Å². The summed E-state index contributed by atoms with van der Waals surface area (Å²) in [7, 11) is 0. The van der Waals surface area contributed by atoms with Gasteiger partial charge in [-0.15, -0.1) is 0 Å². The van der Waals surface area contributed by atoms with Crippen molar-refractivity contribution < 1.29 is 13.2 Å². The van der Waals surface area contributed by atoms with E-state index < -0.39 is 11.7 Å². The zero-order valence-electron chi connectivity index (χ0n) is 10.7. The monoisotopic (exact) mass is 255 g/mol. The maximum absolute atomic E-state index is 12.9. The number of hydrogen-bond donors (Lipinski definition) is 0. The van der Waals surface area contributed by atoms with Crippen LogP contribution in [0.3, 0.4) is 0 Å². The normalized spacial score (nSPS) is 12.3. The van der Waals surface area contributed by atoms with Crippen LogP contribution < -0.4 is 0 Å². The molecule has 0 bridgehead atoms. The SMILES string of the molecule is CCC(C)(CC)c1ccc(C#N)c(C(F)(F)F)c1. The molecule has 0 atom stereocenters. The van der Waals surface area contributed by atoms with E-state index in [0.717, 1.165) is 18.9 Å². The van der Waals surface area contributed by atoms with Crippen LogP contribution in [0.1, 0.15) is 50.3 Å². The molecule has 0 radical (unpaired) electrons. The average molecular weight is 255 g/mol. The molecule has 0 unspecified atom stereocenters. The molecule has 0 saturated carbocycles. The van der Waals surface area contributed by atoms with Crippen LogP contribution in [0.2, 0.25) is 0 Å². The first-order valence-electron chi connectivity index (χ1n) is 5.90. The van der Waals surface area contributed by atoms with Gasteiger partial charge in [0.05, 0.1) is 17.2 Å². The third kappa shape index (κ3) is 2.66. The van der Waals surface area contributed by atoms with Gasteiger partial charge in [0.15, 0.2) is 0 Å². The quantitative estimate of drug-likeness (QED) is 0.770. The van der Waals surface area contributed by atoms with Gasteiger partial charge in [0.2, 0.25) is 0 Å². The van der Waals surface area contributed by atoms with E-state index >= 15 is 0 Å². The standard InChI is InChI=1S/C14H16F3N/c1-4-13(3,5-2)11-7-6-10(9-18)12(8-11)14(15,16)17/h6-8H,4-5H2,1-3H3. The third-order valence-corrected chi connectivity index (χ3v) is 3.70. The van der Waals surface area contributed by atoms with Gasteiger partial charge in [-0.3, -0.25) is 0 Å². The number of nitrogens with zero attached hydrogens (tertiary/aromatic N) is 1. The molecule has 0 saturated heterocycles. The summed E-state index contributed by atoms with van der Waals surface area (Å²) in [5.74, 6) is 0. The molecule has 0 aliphatic rings. The molecule has 18 heavy (non-hydrogen) atoms. The minimum Gasteiger partial charge on any atom is -0.192 e. The highest BCUT2D eigenvalue weighted by Crippen LogP contribution is 2.37. The first-order chi connectivity index (χ1) is 8.28. The Kier molecular flexibility index (Phi) is 4.05. The van der Waals surface area contributed by atoms with E-state index in [-0.39, 0.29) is 11.0 Å². The molecule has 4 heteroatoms. The second-order valence-electron chi connectivity index (χ2n) is 4.64. The molecule has 0 aliphatic carbocycles. The summed E-state index contributed by atoms with van der Waals surface area (Å²) in [5, 5.41) is 8.74. The Morgan fingerprint density at radius 3 is 2.11 bits per heavy atom. The predicted octanol–water partition coefficient (Wildman–Crippen LogP) is 4.65. The summed E-state index contributed by atoms with van der Waals surface area (Å²) in [4.78, 5) is 0. The van der Waals surface area contributed by atoms with Gasteiger partial charge in [-0.2, -0.15) is 18.4 Å². The van der Waals surface area contributed by atoms with E-state index in [0.29, 0.717) is 5.56 Å². The molecule has 1 aromatic rings. The van der Waals surface area contributed by atoms with Crippen molar-refractivity contribution in [1.29, 1.82) is 5.26 Å². The van der Waals surface area contributed by atoms with Crippen molar-refractivity contribution in [3.8, 4) is 6.07 Å². The largest absolute Gasteiger partial charge is 0.417 e. The number of alkyl halides is 3. The Morgan fingerprint density at radius 2 is 1.72 bits per heavy atom. The first kappa shape index (κ1) is 14.6. The van der Waals surface area contributed by atoms with E-state index in [1.807, 2.05) is 20.8 Å². The molecule has 98 valence electrons. The van der Waals surface area contributed by atoms with Crippen molar-refractivity contribution >= 4 is 0 Å². The van der Waals surface area contributed by atoms with Gasteiger partial charge in [-0.05, 0) is 36.0 Å². The maximum Gasteiger partial charge on any atom is 0.417 e. The molecular formula is C14H16F3N. The lowest BCUT2D eigenvalue weighted by Gasteiger charge is -2.28. The van der Waals surface area contributed by atoms with Gasteiger partial charge < -0.3 is 0 Å². The van der Waals surface area contributed by atoms with Crippen molar-refractivity contribution in [3.63, 3.8) is 0 Å². The molecule has 0 amide bonds. The number of rotatable bonds is 3. The Morgan fingerprint density at radius 1 is 1.17 bits per heavy atom. The maximum atomic E-state index is 12.9. The summed E-state index contributed by atoms with van der Waals surface area (Å²) >= 11 is 0. The highest BCUT2D eigenvalue weighted by molar-refractivity contribution is 5.44. The smallest absolute Gasteiger partial charge is 0.192 e. The van der Waals surface area contributed by atoms with Crippen LogP contribution in [0.4, 0.5) is 13.2 Å². The molecule has 1 aromatic carbocycles. The number of benzene rings is 1. The van der Waals surface area contributed by atoms with Crippen LogP contribution in [0.25, 0.3) is 0 Å². The van der Waals surface area contributed by atoms with Gasteiger partial charge >= 0.3 is 6.18 Å². The first-order valence-corrected chi connectivity index (χ1v) is 5.90. The lowest BCUT2D eigenvalue weighted by atomic mass is 9.77. The van der Waals surface area contributed by atoms with Crippen LogP contribution in [0.15, 0.2) is 18.2 Å². The van der Waals surface area contributed by atoms with Crippen LogP contribution in [0, 0.1) is 11.3 Å². The molecule has 0 aliphatic heterocycles. The molecule has 0 aromatic heterocycles. The molecule has 0 N–H and O–H groups in total. The van der Waals surface area contributed by atoms with Crippen molar-refractivity contribution in [3.05, 3.63) is 34.9 Å². The Balaban J connectivity index is 3.41. The minimum atomic E-state index is -4.48. The lowest BCUT2D eigenvalue weighted by Crippen LogP contribution is -2.21. The highest BCUT2D eigenvalue weighted by atomic mass is 19.4. The zero-order valence-corrected chi connectivity index (χ0v) is 10.7. The zero-order chi connectivity index (χ0) is 14.0. The van der Waals surface area contributed by atoms with E-state index in [1.165, 1.54) is 6.07 Å². The van der Waals surface area contributed by atoms with Crippen LogP contribution in [-0.2, 0) is 11.6 Å². The Hall–Kier alpha value is -1.50. The van der Waals surface area contributed by atoms with E-state index in [9.17, 15) is 13.2 Å². The molecular weight excluding hydrogens is 239 g/mol. The summed E-state index contributed by atoms with van der Waals surface area (Å²) < 4.78 is 38.6. The van der Waals surface area contributed by atoms with Crippen molar-refractivity contribution in [1.82, 2.24) is 0 Å². The Bertz CT molecular complexity index is 465. The lowest BCUT2D eigenvalue weighted by molar-refractivity contribution is -0.137. The van der Waals surface area contributed by atoms with E-state index in [4.69, 9.17) is 5.26 Å². The van der Waals surface area contributed by atoms with Crippen LogP contribution in [-0.4, -0.2) is 0 Å². The van der Waals surface area contributed by atoms with Gasteiger partial charge in [-0.25, -0.2) is 0 Å². The van der Waals surface area contributed by atoms with Crippen molar-refractivity contribution in [2.24, 2.45) is 0 Å². The molecule has 1 nitrogen and oxygen atoms in total. The fraction of sp³-hybridized carbons (Fsp3) is 0.500. The van der Waals surface area contributed by atoms with Crippen molar-refractivity contribution in [2.75, 3.05) is 0 Å². The van der Waals surface area contributed by atoms with Crippen LogP contribution in [0.5, 0.6) is 0 Å². The minimum absolute atomic E-state index is 0.284. The summed E-state index contributed by atoms with van der Waals surface area (Å²) in [6, 6.07) is 5.60. The summed E-state index contributed by atoms with van der Waals surface area (Å²) in [6.45, 7) is 5.85. The van der Waals surface area contributed by atoms with Gasteiger partial charge in [-0.1, -0.05) is 26.8 Å². The summed E-state index contributed by atoms with van der Waals surface area (Å²) in [6.07, 6.45) is -2.97. The van der Waals surface area contributed by atoms with Gasteiger partial charge in [0, 0.05) is 0 Å². The number of hydrogen-bond acceptors (Lipinski definition) is 1. The second kappa shape index (κ2) is 5.01. The van der Waals surface area contributed by atoms with E-state index in [1.54, 1.807) is 12.1 Å². The average Bonchev–Trinajstić information content (AvgIpc) is 2.36. The highest BCUT2D eigenvalue weighted by Gasteiger charge is 2.35. The van der Waals surface area contributed by atoms with Crippen molar-refractivity contribution in [2.45, 2.75) is 45.2 Å². The van der Waals surface area contributed by atoms with E-state index in [2.05, 4.69) is 0 Å². The predicted molar refractivity (Wildman–Crippen MR) is 64.1 cm³/mol. The van der Waals surface area contributed by atoms with Gasteiger partial charge in [0.1, 0.15) is 0 Å². The fourth-order valence-electron chi connectivity index (χ4n) is 1.91. The molecule has 0 fully saturated rings. The number of halogens is 3. The fourth-order valence-corrected chi connectivity index (χ4v) is 1.91. The molecule has 0 spiro atoms. The number of nitriles is 1. The third-order valence-electron chi connectivity index (χ3n) is 3.70. The van der Waals surface area contributed by atoms with Crippen LogP contribution >= 0.6 is 0 Å². The molecule has 1 rings (SSSR count). The summed E-state index contributed by atoms with van der Waals surface area (Å²) in [5.41, 5.74) is -0.802. The molecule has 0 heterocycles.